The molecular weight excluding hydrogens is 494 g/mol. The minimum Gasteiger partial charge on any atom is -0.477 e. The molecule has 4 aromatic rings. The molecule has 0 radical (unpaired) electrons. The van der Waals surface area contributed by atoms with Crippen LogP contribution in [0.1, 0.15) is 23.9 Å². The van der Waals surface area contributed by atoms with E-state index in [9.17, 15) is 9.90 Å². The van der Waals surface area contributed by atoms with Crippen molar-refractivity contribution in [3.8, 4) is 17.1 Å². The Bertz CT molecular complexity index is 1420. The Hall–Kier alpha value is -3.49. The van der Waals surface area contributed by atoms with Gasteiger partial charge in [0.1, 0.15) is 4.91 Å². The molecule has 0 aliphatic rings. The van der Waals surface area contributed by atoms with Crippen molar-refractivity contribution in [2.45, 2.75) is 32.5 Å². The number of benzene rings is 2. The predicted molar refractivity (Wildman–Crippen MR) is 147 cm³/mol. The number of anilines is 1. The minimum absolute atomic E-state index is 0.169. The average Bonchev–Trinajstić information content (AvgIpc) is 3.38. The third-order valence-electron chi connectivity index (χ3n) is 5.93. The zero-order valence-electron chi connectivity index (χ0n) is 20.9. The van der Waals surface area contributed by atoms with E-state index in [4.69, 9.17) is 11.6 Å². The van der Waals surface area contributed by atoms with E-state index in [2.05, 4.69) is 43.9 Å². The van der Waals surface area contributed by atoms with Crippen LogP contribution in [0.25, 0.3) is 23.2 Å². The highest BCUT2D eigenvalue weighted by atomic mass is 35.5. The molecule has 1 N–H and O–H groups in total. The number of nitrogens with zero attached hydrogens (tertiary/aromatic N) is 5. The number of aryl methyl sites for hydroxylation is 1. The summed E-state index contributed by atoms with van der Waals surface area (Å²) in [6, 6.07) is 17.6. The zero-order valence-corrected chi connectivity index (χ0v) is 22.4. The van der Waals surface area contributed by atoms with Crippen LogP contribution >= 0.6 is 23.4 Å². The largest absolute Gasteiger partial charge is 0.477 e. The number of carboxylic acid groups (broad SMARTS) is 1. The summed E-state index contributed by atoms with van der Waals surface area (Å²) in [5, 5.41) is 19.8. The lowest BCUT2D eigenvalue weighted by molar-refractivity contribution is -0.131. The molecule has 36 heavy (non-hydrogen) atoms. The lowest BCUT2D eigenvalue weighted by Gasteiger charge is -2.15. The van der Waals surface area contributed by atoms with Gasteiger partial charge < -0.3 is 19.1 Å². The van der Waals surface area contributed by atoms with Crippen molar-refractivity contribution in [2.75, 3.05) is 19.0 Å². The number of aromatic nitrogens is 4. The second-order valence-electron chi connectivity index (χ2n) is 8.55. The Morgan fingerprint density at radius 2 is 1.75 bits per heavy atom. The number of halogens is 1. The topological polar surface area (TPSA) is 76.2 Å². The Balaban J connectivity index is 1.68. The van der Waals surface area contributed by atoms with Crippen molar-refractivity contribution in [2.24, 2.45) is 0 Å². The standard InChI is InChI=1S/C27H28ClN5O2S/c1-6-32-25(19-7-9-21(28)10-8-19)29-30-27(32)36-24(26(34)35)16-20-15-17(2)33(18(20)3)23-13-11-22(12-14-23)31(4)5/h7-16H,6H2,1-5H3,(H,34,35)/b24-16+. The molecule has 0 amide bonds. The number of rotatable bonds is 8. The summed E-state index contributed by atoms with van der Waals surface area (Å²) in [4.78, 5) is 14.4. The van der Waals surface area contributed by atoms with Gasteiger partial charge in [0.05, 0.1) is 0 Å². The highest BCUT2D eigenvalue weighted by Crippen LogP contribution is 2.32. The van der Waals surface area contributed by atoms with Crippen molar-refractivity contribution >= 4 is 41.1 Å². The van der Waals surface area contributed by atoms with Crippen LogP contribution in [-0.4, -0.2) is 44.5 Å². The number of carboxylic acids is 1. The van der Waals surface area contributed by atoms with Gasteiger partial charge in [-0.25, -0.2) is 4.79 Å². The molecule has 7 nitrogen and oxygen atoms in total. The van der Waals surface area contributed by atoms with Crippen LogP contribution in [0.15, 0.2) is 64.7 Å². The molecule has 0 bridgehead atoms. The van der Waals surface area contributed by atoms with Crippen molar-refractivity contribution in [3.63, 3.8) is 0 Å². The first-order valence-electron chi connectivity index (χ1n) is 11.5. The number of hydrogen-bond acceptors (Lipinski definition) is 5. The summed E-state index contributed by atoms with van der Waals surface area (Å²) in [6.45, 7) is 6.59. The van der Waals surface area contributed by atoms with Crippen LogP contribution < -0.4 is 4.90 Å². The van der Waals surface area contributed by atoms with E-state index in [-0.39, 0.29) is 4.91 Å². The number of hydrogen-bond donors (Lipinski definition) is 1. The van der Waals surface area contributed by atoms with Crippen molar-refractivity contribution in [1.82, 2.24) is 19.3 Å². The van der Waals surface area contributed by atoms with Crippen molar-refractivity contribution in [3.05, 3.63) is 81.5 Å². The average molecular weight is 522 g/mol. The van der Waals surface area contributed by atoms with E-state index in [0.717, 1.165) is 45.7 Å². The lowest BCUT2D eigenvalue weighted by Crippen LogP contribution is -2.08. The van der Waals surface area contributed by atoms with Crippen LogP contribution in [0, 0.1) is 13.8 Å². The van der Waals surface area contributed by atoms with E-state index in [0.29, 0.717) is 22.5 Å². The van der Waals surface area contributed by atoms with Gasteiger partial charge in [0.15, 0.2) is 11.0 Å². The molecule has 0 fully saturated rings. The molecule has 2 heterocycles. The lowest BCUT2D eigenvalue weighted by atomic mass is 10.2. The fourth-order valence-electron chi connectivity index (χ4n) is 4.07. The molecule has 186 valence electrons. The van der Waals surface area contributed by atoms with Crippen LogP contribution in [-0.2, 0) is 11.3 Å². The van der Waals surface area contributed by atoms with E-state index in [1.54, 1.807) is 18.2 Å². The predicted octanol–water partition coefficient (Wildman–Crippen LogP) is 6.31. The monoisotopic (exact) mass is 521 g/mol. The van der Waals surface area contributed by atoms with E-state index in [1.807, 2.05) is 57.6 Å². The van der Waals surface area contributed by atoms with Gasteiger partial charge >= 0.3 is 5.97 Å². The van der Waals surface area contributed by atoms with Gasteiger partial charge in [-0.1, -0.05) is 11.6 Å². The summed E-state index contributed by atoms with van der Waals surface area (Å²) in [5.74, 6) is -0.348. The van der Waals surface area contributed by atoms with Crippen LogP contribution in [0.4, 0.5) is 5.69 Å². The Morgan fingerprint density at radius 3 is 2.33 bits per heavy atom. The van der Waals surface area contributed by atoms with Gasteiger partial charge in [0.25, 0.3) is 0 Å². The van der Waals surface area contributed by atoms with Gasteiger partial charge in [0, 0.05) is 54.0 Å². The van der Waals surface area contributed by atoms with E-state index in [1.165, 1.54) is 0 Å². The molecule has 0 unspecified atom stereocenters. The van der Waals surface area contributed by atoms with Gasteiger partial charge in [-0.2, -0.15) is 0 Å². The highest BCUT2D eigenvalue weighted by molar-refractivity contribution is 8.04. The summed E-state index contributed by atoms with van der Waals surface area (Å²) >= 11 is 7.12. The number of carbonyl (C=O) groups is 1. The van der Waals surface area contributed by atoms with Crippen LogP contribution in [0.2, 0.25) is 5.02 Å². The van der Waals surface area contributed by atoms with Crippen LogP contribution in [0.3, 0.4) is 0 Å². The van der Waals surface area contributed by atoms with Gasteiger partial charge in [0.2, 0.25) is 0 Å². The molecule has 0 aliphatic heterocycles. The van der Waals surface area contributed by atoms with Gasteiger partial charge in [-0.3, -0.25) is 0 Å². The summed E-state index contributed by atoms with van der Waals surface area (Å²) in [7, 11) is 4.01. The molecule has 9 heteroatoms. The molecule has 0 spiro atoms. The Kier molecular flexibility index (Phi) is 7.56. The summed E-state index contributed by atoms with van der Waals surface area (Å²) in [5.41, 5.74) is 5.83. The second-order valence-corrected chi connectivity index (χ2v) is 9.99. The third kappa shape index (κ3) is 5.20. The first-order chi connectivity index (χ1) is 17.2. The zero-order chi connectivity index (χ0) is 26.0. The molecule has 0 saturated carbocycles. The number of aliphatic carboxylic acids is 1. The summed E-state index contributed by atoms with van der Waals surface area (Å²) in [6.07, 6.45) is 1.71. The maximum Gasteiger partial charge on any atom is 0.342 e. The molecule has 2 aromatic heterocycles. The maximum atomic E-state index is 12.2. The molecule has 0 atom stereocenters. The Morgan fingerprint density at radius 1 is 1.08 bits per heavy atom. The normalized spacial score (nSPS) is 11.7. The fourth-order valence-corrected chi connectivity index (χ4v) is 5.07. The SMILES string of the molecule is CCn1c(S/C(=C/c2cc(C)n(-c3ccc(N(C)C)cc3)c2C)C(=O)O)nnc1-c1ccc(Cl)cc1. The molecular formula is C27H28ClN5O2S. The number of thioether (sulfide) groups is 1. The van der Waals surface area contributed by atoms with Gasteiger partial charge in [-0.05, 0) is 98.8 Å². The molecule has 0 saturated heterocycles. The highest BCUT2D eigenvalue weighted by Gasteiger charge is 2.19. The van der Waals surface area contributed by atoms with Crippen molar-refractivity contribution < 1.29 is 9.90 Å². The molecule has 0 aliphatic carbocycles. The first kappa shape index (κ1) is 25.6. The smallest absolute Gasteiger partial charge is 0.342 e. The molecule has 4 rings (SSSR count). The fraction of sp³-hybridized carbons (Fsp3) is 0.222. The second kappa shape index (κ2) is 10.6. The summed E-state index contributed by atoms with van der Waals surface area (Å²) < 4.78 is 4.03. The quantitative estimate of drug-likeness (QED) is 0.216. The first-order valence-corrected chi connectivity index (χ1v) is 12.7. The minimum atomic E-state index is -1.01. The van der Waals surface area contributed by atoms with E-state index < -0.39 is 5.97 Å². The molecule has 2 aromatic carbocycles. The Labute approximate surface area is 220 Å². The van der Waals surface area contributed by atoms with E-state index >= 15 is 0 Å². The van der Waals surface area contributed by atoms with Gasteiger partial charge in [-0.15, -0.1) is 10.2 Å². The third-order valence-corrected chi connectivity index (χ3v) is 7.18. The van der Waals surface area contributed by atoms with Crippen molar-refractivity contribution in [1.29, 1.82) is 0 Å². The van der Waals surface area contributed by atoms with Crippen LogP contribution in [0.5, 0.6) is 0 Å². The maximum absolute atomic E-state index is 12.2.